The van der Waals surface area contributed by atoms with Crippen molar-refractivity contribution in [2.75, 3.05) is 13.1 Å². The van der Waals surface area contributed by atoms with Crippen LogP contribution in [0, 0.1) is 5.92 Å². The summed E-state index contributed by atoms with van der Waals surface area (Å²) in [7, 11) is 0. The van der Waals surface area contributed by atoms with Gasteiger partial charge in [0.1, 0.15) is 0 Å². The number of hydrogen-bond acceptors (Lipinski definition) is 3. The van der Waals surface area contributed by atoms with E-state index in [0.29, 0.717) is 5.92 Å². The van der Waals surface area contributed by atoms with Crippen LogP contribution in [-0.4, -0.2) is 45.9 Å². The molecule has 2 fully saturated rings. The van der Waals surface area contributed by atoms with Gasteiger partial charge in [0.25, 0.3) is 0 Å². The van der Waals surface area contributed by atoms with Crippen LogP contribution in [0.4, 0.5) is 0 Å². The van der Waals surface area contributed by atoms with E-state index in [1.54, 1.807) is 0 Å². The number of likely N-dealkylation sites (tertiary alicyclic amines) is 1. The monoisotopic (exact) mass is 227 g/mol. The molecule has 0 aromatic rings. The summed E-state index contributed by atoms with van der Waals surface area (Å²) in [6.45, 7) is 5.83. The van der Waals surface area contributed by atoms with E-state index < -0.39 is 5.60 Å². The molecule has 0 bridgehead atoms. The normalized spacial score (nSPS) is 40.1. The van der Waals surface area contributed by atoms with E-state index in [1.165, 1.54) is 12.8 Å². The predicted octanol–water partition coefficient (Wildman–Crippen LogP) is 1.38. The molecule has 4 atom stereocenters. The number of piperidine rings is 1. The van der Waals surface area contributed by atoms with Crippen LogP contribution in [-0.2, 0) is 0 Å². The number of aliphatic hydroxyl groups excluding tert-OH is 1. The lowest BCUT2D eigenvalue weighted by Gasteiger charge is -2.49. The van der Waals surface area contributed by atoms with E-state index in [4.69, 9.17) is 0 Å². The predicted molar refractivity (Wildman–Crippen MR) is 64.2 cm³/mol. The molecule has 16 heavy (non-hydrogen) atoms. The zero-order chi connectivity index (χ0) is 11.8. The molecule has 0 radical (unpaired) electrons. The number of aliphatic hydroxyl groups is 2. The van der Waals surface area contributed by atoms with E-state index in [1.807, 2.05) is 6.92 Å². The first kappa shape index (κ1) is 12.3. The molecule has 1 saturated heterocycles. The zero-order valence-corrected chi connectivity index (χ0v) is 10.5. The zero-order valence-electron chi connectivity index (χ0n) is 10.5. The minimum absolute atomic E-state index is 0.214. The third kappa shape index (κ3) is 2.27. The number of hydrogen-bond donors (Lipinski definition) is 2. The maximum absolute atomic E-state index is 10.5. The Bertz CT molecular complexity index is 244. The fourth-order valence-electron chi connectivity index (χ4n) is 3.27. The molecule has 4 unspecified atom stereocenters. The summed E-state index contributed by atoms with van der Waals surface area (Å²) in [5, 5.41) is 20.2. The van der Waals surface area contributed by atoms with Gasteiger partial charge in [-0.15, -0.1) is 0 Å². The first-order valence-corrected chi connectivity index (χ1v) is 6.67. The Morgan fingerprint density at radius 1 is 1.25 bits per heavy atom. The molecule has 1 aliphatic heterocycles. The summed E-state index contributed by atoms with van der Waals surface area (Å²) >= 11 is 0. The first-order valence-electron chi connectivity index (χ1n) is 6.67. The third-order valence-electron chi connectivity index (χ3n) is 4.73. The van der Waals surface area contributed by atoms with Gasteiger partial charge in [-0.05, 0) is 33.1 Å². The van der Waals surface area contributed by atoms with Crippen LogP contribution in [0.15, 0.2) is 0 Å². The van der Waals surface area contributed by atoms with E-state index in [9.17, 15) is 10.2 Å². The Hall–Kier alpha value is -0.120. The second-order valence-corrected chi connectivity index (χ2v) is 5.77. The lowest BCUT2D eigenvalue weighted by Crippen LogP contribution is -2.56. The van der Waals surface area contributed by atoms with Crippen LogP contribution in [0.5, 0.6) is 0 Å². The fraction of sp³-hybridized carbons (Fsp3) is 1.00. The molecule has 1 saturated carbocycles. The van der Waals surface area contributed by atoms with Crippen molar-refractivity contribution in [3.8, 4) is 0 Å². The largest absolute Gasteiger partial charge is 0.392 e. The maximum Gasteiger partial charge on any atom is 0.0700 e. The maximum atomic E-state index is 10.5. The quantitative estimate of drug-likeness (QED) is 0.749. The average Bonchev–Trinajstić information content (AvgIpc) is 2.26. The first-order chi connectivity index (χ1) is 7.53. The Morgan fingerprint density at radius 3 is 2.69 bits per heavy atom. The molecule has 94 valence electrons. The van der Waals surface area contributed by atoms with Crippen molar-refractivity contribution in [2.24, 2.45) is 5.92 Å². The van der Waals surface area contributed by atoms with E-state index >= 15 is 0 Å². The average molecular weight is 227 g/mol. The summed E-state index contributed by atoms with van der Waals surface area (Å²) in [6.07, 6.45) is 5.17. The molecule has 0 aromatic carbocycles. The van der Waals surface area contributed by atoms with Crippen LogP contribution < -0.4 is 0 Å². The van der Waals surface area contributed by atoms with Gasteiger partial charge in [-0.1, -0.05) is 12.8 Å². The Labute approximate surface area is 98.5 Å². The minimum Gasteiger partial charge on any atom is -0.392 e. The Morgan fingerprint density at radius 2 is 2.00 bits per heavy atom. The summed E-state index contributed by atoms with van der Waals surface area (Å²) in [6, 6.07) is 0.214. The highest BCUT2D eigenvalue weighted by Crippen LogP contribution is 2.40. The summed E-state index contributed by atoms with van der Waals surface area (Å²) in [4.78, 5) is 2.34. The van der Waals surface area contributed by atoms with Crippen molar-refractivity contribution in [2.45, 2.75) is 63.7 Å². The molecule has 2 rings (SSSR count). The molecular weight excluding hydrogens is 202 g/mol. The third-order valence-corrected chi connectivity index (χ3v) is 4.73. The molecule has 3 heteroatoms. The highest BCUT2D eigenvalue weighted by Gasteiger charge is 2.43. The highest BCUT2D eigenvalue weighted by atomic mass is 16.3. The van der Waals surface area contributed by atoms with Crippen molar-refractivity contribution in [3.63, 3.8) is 0 Å². The molecule has 2 N–H and O–H groups in total. The Balaban J connectivity index is 1.99. The molecular formula is C13H25NO2. The second kappa shape index (κ2) is 4.63. The van der Waals surface area contributed by atoms with Gasteiger partial charge in [-0.25, -0.2) is 0 Å². The van der Waals surface area contributed by atoms with Gasteiger partial charge in [0, 0.05) is 25.0 Å². The standard InChI is InChI=1S/C13H25NO2/c1-10(11(2)15)14-8-7-13(16)6-4-3-5-12(13)9-14/h10-12,15-16H,3-9H2,1-2H3. The topological polar surface area (TPSA) is 43.7 Å². The van der Waals surface area contributed by atoms with Crippen LogP contribution in [0.25, 0.3) is 0 Å². The Kier molecular flexibility index (Phi) is 3.57. The van der Waals surface area contributed by atoms with Gasteiger partial charge in [0.2, 0.25) is 0 Å². The second-order valence-electron chi connectivity index (χ2n) is 5.77. The summed E-state index contributed by atoms with van der Waals surface area (Å²) in [5.74, 6) is 0.427. The molecule has 0 aromatic heterocycles. The smallest absolute Gasteiger partial charge is 0.0700 e. The van der Waals surface area contributed by atoms with Gasteiger partial charge in [0.15, 0.2) is 0 Å². The van der Waals surface area contributed by atoms with Crippen molar-refractivity contribution in [3.05, 3.63) is 0 Å². The van der Waals surface area contributed by atoms with E-state index in [2.05, 4.69) is 11.8 Å². The summed E-state index contributed by atoms with van der Waals surface area (Å²) < 4.78 is 0. The van der Waals surface area contributed by atoms with Gasteiger partial charge in [-0.3, -0.25) is 4.90 Å². The van der Waals surface area contributed by atoms with Crippen molar-refractivity contribution in [1.82, 2.24) is 4.90 Å². The van der Waals surface area contributed by atoms with Gasteiger partial charge < -0.3 is 10.2 Å². The molecule has 0 spiro atoms. The lowest BCUT2D eigenvalue weighted by molar-refractivity contribution is -0.108. The minimum atomic E-state index is -0.396. The SMILES string of the molecule is CC(O)C(C)N1CCC2(O)CCCCC2C1. The molecule has 0 amide bonds. The summed E-state index contributed by atoms with van der Waals surface area (Å²) in [5.41, 5.74) is -0.396. The molecule has 3 nitrogen and oxygen atoms in total. The van der Waals surface area contributed by atoms with E-state index in [-0.39, 0.29) is 12.1 Å². The lowest BCUT2D eigenvalue weighted by atomic mass is 9.71. The van der Waals surface area contributed by atoms with E-state index in [0.717, 1.165) is 32.4 Å². The van der Waals surface area contributed by atoms with Crippen molar-refractivity contribution >= 4 is 0 Å². The number of rotatable bonds is 2. The molecule has 1 aliphatic carbocycles. The highest BCUT2D eigenvalue weighted by molar-refractivity contribution is 4.96. The van der Waals surface area contributed by atoms with Gasteiger partial charge in [0.05, 0.1) is 11.7 Å². The number of nitrogens with zero attached hydrogens (tertiary/aromatic N) is 1. The van der Waals surface area contributed by atoms with Crippen molar-refractivity contribution in [1.29, 1.82) is 0 Å². The van der Waals surface area contributed by atoms with Crippen LogP contribution in [0.2, 0.25) is 0 Å². The molecule has 1 heterocycles. The van der Waals surface area contributed by atoms with Crippen LogP contribution in [0.1, 0.15) is 46.0 Å². The molecule has 2 aliphatic rings. The fourth-order valence-corrected chi connectivity index (χ4v) is 3.27. The number of fused-ring (bicyclic) bond motifs is 1. The van der Waals surface area contributed by atoms with Gasteiger partial charge >= 0.3 is 0 Å². The van der Waals surface area contributed by atoms with Gasteiger partial charge in [-0.2, -0.15) is 0 Å². The van der Waals surface area contributed by atoms with Crippen LogP contribution in [0.3, 0.4) is 0 Å². The van der Waals surface area contributed by atoms with Crippen LogP contribution >= 0.6 is 0 Å². The van der Waals surface area contributed by atoms with Crippen molar-refractivity contribution < 1.29 is 10.2 Å².